The molecule has 0 unspecified atom stereocenters. The van der Waals surface area contributed by atoms with Gasteiger partial charge in [0.2, 0.25) is 0 Å². The number of aromatic nitrogens is 2. The molecule has 1 aromatic heterocycles. The first-order valence-corrected chi connectivity index (χ1v) is 3.73. The fourth-order valence-corrected chi connectivity index (χ4v) is 1.14. The van der Waals surface area contributed by atoms with Gasteiger partial charge in [-0.2, -0.15) is 5.10 Å². The molecule has 3 nitrogen and oxygen atoms in total. The van der Waals surface area contributed by atoms with Crippen LogP contribution in [0.3, 0.4) is 0 Å². The van der Waals surface area contributed by atoms with E-state index in [9.17, 15) is 0 Å². The number of aryl methyl sites for hydroxylation is 2. The molecule has 0 aliphatic rings. The van der Waals surface area contributed by atoms with Gasteiger partial charge in [-0.3, -0.25) is 4.68 Å². The summed E-state index contributed by atoms with van der Waals surface area (Å²) >= 11 is 0. The quantitative estimate of drug-likeness (QED) is 0.626. The minimum Gasteiger partial charge on any atom is -0.305 e. The Morgan fingerprint density at radius 2 is 2.18 bits per heavy atom. The van der Waals surface area contributed by atoms with Crippen molar-refractivity contribution in [1.82, 2.24) is 14.7 Å². The van der Waals surface area contributed by atoms with Crippen LogP contribution in [0, 0.1) is 6.92 Å². The van der Waals surface area contributed by atoms with Crippen molar-refractivity contribution in [2.75, 3.05) is 14.1 Å². The topological polar surface area (TPSA) is 21.1 Å². The lowest BCUT2D eigenvalue weighted by Gasteiger charge is -2.06. The lowest BCUT2D eigenvalue weighted by molar-refractivity contribution is 0.401. The Hall–Kier alpha value is -0.830. The zero-order valence-corrected chi connectivity index (χ0v) is 7.63. The zero-order chi connectivity index (χ0) is 8.43. The van der Waals surface area contributed by atoms with Gasteiger partial charge in [0.15, 0.2) is 0 Å². The molecular formula is C8H15N3. The molecule has 0 spiro atoms. The Morgan fingerprint density at radius 1 is 1.55 bits per heavy atom. The van der Waals surface area contributed by atoms with E-state index in [1.165, 1.54) is 5.56 Å². The van der Waals surface area contributed by atoms with Gasteiger partial charge in [0, 0.05) is 25.4 Å². The summed E-state index contributed by atoms with van der Waals surface area (Å²) in [6.45, 7) is 3.01. The molecule has 11 heavy (non-hydrogen) atoms. The predicted octanol–water partition coefficient (Wildman–Crippen LogP) is 0.790. The highest BCUT2D eigenvalue weighted by atomic mass is 15.3. The average molecular weight is 153 g/mol. The number of rotatable bonds is 2. The summed E-state index contributed by atoms with van der Waals surface area (Å²) in [5.74, 6) is 0. The second-order valence-electron chi connectivity index (χ2n) is 3.15. The molecule has 1 aromatic rings. The lowest BCUT2D eigenvalue weighted by Crippen LogP contribution is -2.10. The van der Waals surface area contributed by atoms with E-state index in [2.05, 4.69) is 30.3 Å². The molecule has 1 heterocycles. The molecule has 0 aliphatic heterocycles. The van der Waals surface area contributed by atoms with Crippen molar-refractivity contribution in [3.8, 4) is 0 Å². The van der Waals surface area contributed by atoms with Gasteiger partial charge in [0.1, 0.15) is 0 Å². The van der Waals surface area contributed by atoms with E-state index in [0.29, 0.717) is 0 Å². The summed E-state index contributed by atoms with van der Waals surface area (Å²) in [6.07, 6.45) is 2.06. The Labute approximate surface area is 67.6 Å². The van der Waals surface area contributed by atoms with Gasteiger partial charge in [0.05, 0.1) is 5.69 Å². The standard InChI is InChI=1S/C8H15N3/c1-7-8(5-10(2)3)6-11(4)9-7/h6H,5H2,1-4H3. The summed E-state index contributed by atoms with van der Waals surface area (Å²) in [6, 6.07) is 0. The Bertz CT molecular complexity index is 237. The third kappa shape index (κ3) is 2.05. The SMILES string of the molecule is Cc1nn(C)cc1CN(C)C. The Kier molecular flexibility index (Phi) is 2.29. The van der Waals surface area contributed by atoms with Crippen molar-refractivity contribution in [2.24, 2.45) is 7.05 Å². The highest BCUT2D eigenvalue weighted by molar-refractivity contribution is 5.14. The molecule has 62 valence electrons. The van der Waals surface area contributed by atoms with E-state index in [1.807, 2.05) is 18.7 Å². The minimum absolute atomic E-state index is 0.972. The second-order valence-corrected chi connectivity index (χ2v) is 3.15. The molecule has 0 saturated heterocycles. The molecule has 3 heteroatoms. The molecule has 1 rings (SSSR count). The molecule has 0 aliphatic carbocycles. The first-order chi connectivity index (χ1) is 5.09. The van der Waals surface area contributed by atoms with Gasteiger partial charge in [0.25, 0.3) is 0 Å². The van der Waals surface area contributed by atoms with E-state index in [1.54, 1.807) is 0 Å². The molecule has 0 atom stereocenters. The number of nitrogens with zero attached hydrogens (tertiary/aromatic N) is 3. The third-order valence-corrected chi connectivity index (χ3v) is 1.60. The van der Waals surface area contributed by atoms with Gasteiger partial charge in [-0.15, -0.1) is 0 Å². The maximum atomic E-state index is 4.25. The second kappa shape index (κ2) is 3.05. The highest BCUT2D eigenvalue weighted by Crippen LogP contribution is 2.05. The van der Waals surface area contributed by atoms with Crippen LogP contribution in [0.4, 0.5) is 0 Å². The molecule has 0 bridgehead atoms. The average Bonchev–Trinajstić information content (AvgIpc) is 2.09. The Balaban J connectivity index is 2.77. The van der Waals surface area contributed by atoms with Gasteiger partial charge >= 0.3 is 0 Å². The van der Waals surface area contributed by atoms with Crippen LogP contribution in [0.15, 0.2) is 6.20 Å². The minimum atomic E-state index is 0.972. The molecule has 0 aromatic carbocycles. The van der Waals surface area contributed by atoms with Gasteiger partial charge < -0.3 is 4.90 Å². The predicted molar refractivity (Wildman–Crippen MR) is 45.3 cm³/mol. The van der Waals surface area contributed by atoms with Crippen molar-refractivity contribution in [3.05, 3.63) is 17.5 Å². The third-order valence-electron chi connectivity index (χ3n) is 1.60. The molecular weight excluding hydrogens is 138 g/mol. The summed E-state index contributed by atoms with van der Waals surface area (Å²) in [5.41, 5.74) is 2.43. The van der Waals surface area contributed by atoms with Crippen LogP contribution in [0.5, 0.6) is 0 Å². The van der Waals surface area contributed by atoms with Crippen molar-refractivity contribution in [1.29, 1.82) is 0 Å². The number of hydrogen-bond donors (Lipinski definition) is 0. The summed E-state index contributed by atoms with van der Waals surface area (Å²) in [4.78, 5) is 2.14. The maximum absolute atomic E-state index is 4.25. The van der Waals surface area contributed by atoms with E-state index in [-0.39, 0.29) is 0 Å². The molecule has 0 radical (unpaired) electrons. The van der Waals surface area contributed by atoms with Crippen LogP contribution in [-0.2, 0) is 13.6 Å². The normalized spacial score (nSPS) is 11.0. The van der Waals surface area contributed by atoms with Crippen LogP contribution in [0.1, 0.15) is 11.3 Å². The smallest absolute Gasteiger partial charge is 0.0638 e. The Morgan fingerprint density at radius 3 is 2.55 bits per heavy atom. The van der Waals surface area contributed by atoms with Gasteiger partial charge in [-0.25, -0.2) is 0 Å². The number of hydrogen-bond acceptors (Lipinski definition) is 2. The molecule has 0 saturated carbocycles. The lowest BCUT2D eigenvalue weighted by atomic mass is 10.2. The van der Waals surface area contributed by atoms with Gasteiger partial charge in [-0.1, -0.05) is 0 Å². The van der Waals surface area contributed by atoms with Crippen LogP contribution in [0.2, 0.25) is 0 Å². The molecule has 0 amide bonds. The highest BCUT2D eigenvalue weighted by Gasteiger charge is 2.02. The largest absolute Gasteiger partial charge is 0.305 e. The first kappa shape index (κ1) is 8.27. The molecule has 0 N–H and O–H groups in total. The monoisotopic (exact) mass is 153 g/mol. The van der Waals surface area contributed by atoms with Crippen molar-refractivity contribution in [3.63, 3.8) is 0 Å². The van der Waals surface area contributed by atoms with Gasteiger partial charge in [-0.05, 0) is 21.0 Å². The molecule has 0 fully saturated rings. The summed E-state index contributed by atoms with van der Waals surface area (Å²) < 4.78 is 1.86. The fraction of sp³-hybridized carbons (Fsp3) is 0.625. The van der Waals surface area contributed by atoms with E-state index >= 15 is 0 Å². The summed E-state index contributed by atoms with van der Waals surface area (Å²) in [5, 5.41) is 4.25. The van der Waals surface area contributed by atoms with E-state index < -0.39 is 0 Å². The van der Waals surface area contributed by atoms with Crippen molar-refractivity contribution >= 4 is 0 Å². The van der Waals surface area contributed by atoms with Crippen LogP contribution < -0.4 is 0 Å². The van der Waals surface area contributed by atoms with E-state index in [0.717, 1.165) is 12.2 Å². The van der Waals surface area contributed by atoms with Crippen LogP contribution in [-0.4, -0.2) is 28.8 Å². The summed E-state index contributed by atoms with van der Waals surface area (Å²) in [7, 11) is 6.07. The van der Waals surface area contributed by atoms with Crippen molar-refractivity contribution < 1.29 is 0 Å². The zero-order valence-electron chi connectivity index (χ0n) is 7.63. The van der Waals surface area contributed by atoms with Crippen LogP contribution in [0.25, 0.3) is 0 Å². The maximum Gasteiger partial charge on any atom is 0.0638 e. The van der Waals surface area contributed by atoms with Crippen LogP contribution >= 0.6 is 0 Å². The first-order valence-electron chi connectivity index (χ1n) is 3.73. The van der Waals surface area contributed by atoms with E-state index in [4.69, 9.17) is 0 Å². The fourth-order valence-electron chi connectivity index (χ4n) is 1.14. The van der Waals surface area contributed by atoms with Crippen molar-refractivity contribution in [2.45, 2.75) is 13.5 Å².